The van der Waals surface area contributed by atoms with E-state index >= 15 is 0 Å². The second kappa shape index (κ2) is 6.00. The fraction of sp³-hybridized carbons (Fsp3) is 0.450. The minimum atomic E-state index is -0.261. The monoisotopic (exact) mass is 322 g/mol. The number of rotatable bonds is 6. The SMILES string of the molecule is Cc1nc(C(=O)C[C@@H](c2ccc(C3CC3)cc2)C2CC2)cc(=O)[nH]1. The number of carbonyl (C=O) groups excluding carboxylic acids is 1. The third kappa shape index (κ3) is 3.32. The Morgan fingerprint density at radius 2 is 1.92 bits per heavy atom. The molecule has 0 amide bonds. The smallest absolute Gasteiger partial charge is 0.251 e. The lowest BCUT2D eigenvalue weighted by molar-refractivity contribution is 0.0965. The highest BCUT2D eigenvalue weighted by Crippen LogP contribution is 2.46. The van der Waals surface area contributed by atoms with E-state index in [2.05, 4.69) is 34.2 Å². The van der Waals surface area contributed by atoms with Crippen LogP contribution >= 0.6 is 0 Å². The van der Waals surface area contributed by atoms with Gasteiger partial charge < -0.3 is 4.98 Å². The van der Waals surface area contributed by atoms with E-state index in [1.807, 2.05) is 0 Å². The van der Waals surface area contributed by atoms with E-state index in [0.717, 1.165) is 5.92 Å². The first-order chi connectivity index (χ1) is 11.6. The van der Waals surface area contributed by atoms with Gasteiger partial charge in [-0.05, 0) is 61.5 Å². The minimum absolute atomic E-state index is 0.0348. The van der Waals surface area contributed by atoms with Crippen LogP contribution in [0.4, 0.5) is 0 Å². The van der Waals surface area contributed by atoms with Gasteiger partial charge in [-0.1, -0.05) is 24.3 Å². The average molecular weight is 322 g/mol. The lowest BCUT2D eigenvalue weighted by atomic mass is 9.88. The van der Waals surface area contributed by atoms with Gasteiger partial charge in [-0.3, -0.25) is 9.59 Å². The third-order valence-electron chi connectivity index (χ3n) is 5.16. The van der Waals surface area contributed by atoms with E-state index in [1.54, 1.807) is 6.92 Å². The number of benzene rings is 1. The van der Waals surface area contributed by atoms with Gasteiger partial charge in [0, 0.05) is 12.5 Å². The van der Waals surface area contributed by atoms with Gasteiger partial charge in [0.15, 0.2) is 5.78 Å². The maximum atomic E-state index is 12.6. The molecule has 1 N–H and O–H groups in total. The van der Waals surface area contributed by atoms with Crippen LogP contribution in [0.15, 0.2) is 35.1 Å². The van der Waals surface area contributed by atoms with Crippen molar-refractivity contribution in [1.29, 1.82) is 0 Å². The van der Waals surface area contributed by atoms with Gasteiger partial charge in [-0.15, -0.1) is 0 Å². The molecule has 124 valence electrons. The highest BCUT2D eigenvalue weighted by atomic mass is 16.1. The molecule has 1 aromatic heterocycles. The molecule has 0 radical (unpaired) electrons. The molecule has 4 heteroatoms. The number of Topliss-reactive ketones (excluding diaryl/α,β-unsaturated/α-hetero) is 1. The molecule has 1 aromatic carbocycles. The molecule has 0 bridgehead atoms. The molecule has 1 atom stereocenters. The average Bonchev–Trinajstić information content (AvgIpc) is 3.45. The van der Waals surface area contributed by atoms with Crippen LogP contribution in [0.5, 0.6) is 0 Å². The summed E-state index contributed by atoms with van der Waals surface area (Å²) in [5.74, 6) is 2.04. The summed E-state index contributed by atoms with van der Waals surface area (Å²) in [4.78, 5) is 31.0. The van der Waals surface area contributed by atoms with Crippen molar-refractivity contribution in [3.8, 4) is 0 Å². The fourth-order valence-corrected chi connectivity index (χ4v) is 3.51. The third-order valence-corrected chi connectivity index (χ3v) is 5.16. The number of hydrogen-bond acceptors (Lipinski definition) is 3. The summed E-state index contributed by atoms with van der Waals surface area (Å²) < 4.78 is 0. The van der Waals surface area contributed by atoms with Gasteiger partial charge in [0.05, 0.1) is 0 Å². The van der Waals surface area contributed by atoms with Crippen LogP contribution in [0, 0.1) is 12.8 Å². The van der Waals surface area contributed by atoms with Crippen molar-refractivity contribution in [3.05, 3.63) is 63.3 Å². The van der Waals surface area contributed by atoms with Crippen molar-refractivity contribution in [2.45, 2.75) is 50.9 Å². The Morgan fingerprint density at radius 3 is 2.50 bits per heavy atom. The first-order valence-electron chi connectivity index (χ1n) is 8.81. The summed E-state index contributed by atoms with van der Waals surface area (Å²) in [5.41, 5.74) is 2.70. The molecular formula is C20H22N2O2. The topological polar surface area (TPSA) is 62.8 Å². The van der Waals surface area contributed by atoms with Gasteiger partial charge >= 0.3 is 0 Å². The molecule has 4 nitrogen and oxygen atoms in total. The van der Waals surface area contributed by atoms with E-state index in [9.17, 15) is 9.59 Å². The highest BCUT2D eigenvalue weighted by molar-refractivity contribution is 5.94. The maximum absolute atomic E-state index is 12.6. The van der Waals surface area contributed by atoms with Crippen LogP contribution in [-0.4, -0.2) is 15.8 Å². The predicted molar refractivity (Wildman–Crippen MR) is 92.4 cm³/mol. The van der Waals surface area contributed by atoms with Crippen molar-refractivity contribution in [1.82, 2.24) is 9.97 Å². The maximum Gasteiger partial charge on any atom is 0.251 e. The molecule has 0 aliphatic heterocycles. The predicted octanol–water partition coefficient (Wildman–Crippen LogP) is 3.72. The van der Waals surface area contributed by atoms with Crippen LogP contribution in [0.1, 0.15) is 71.4 Å². The molecule has 24 heavy (non-hydrogen) atoms. The van der Waals surface area contributed by atoms with Crippen LogP contribution in [-0.2, 0) is 0 Å². The first kappa shape index (κ1) is 15.3. The first-order valence-corrected chi connectivity index (χ1v) is 8.81. The minimum Gasteiger partial charge on any atom is -0.311 e. The van der Waals surface area contributed by atoms with Crippen LogP contribution < -0.4 is 5.56 Å². The summed E-state index contributed by atoms with van der Waals surface area (Å²) >= 11 is 0. The highest BCUT2D eigenvalue weighted by Gasteiger charge is 2.34. The molecule has 2 aliphatic carbocycles. The fourth-order valence-electron chi connectivity index (χ4n) is 3.51. The standard InChI is InChI=1S/C20H22N2O2/c1-12-21-18(11-20(24)22-12)19(23)10-17(16-8-9-16)15-6-4-14(5-7-15)13-2-3-13/h4-7,11,13,16-17H,2-3,8-10H2,1H3,(H,21,22,24)/t17-/m0/s1. The molecule has 2 fully saturated rings. The lowest BCUT2D eigenvalue weighted by Crippen LogP contribution is -2.16. The number of ketones is 1. The summed E-state index contributed by atoms with van der Waals surface area (Å²) in [7, 11) is 0. The van der Waals surface area contributed by atoms with Gasteiger partial charge in [0.2, 0.25) is 0 Å². The molecule has 1 heterocycles. The Labute approximate surface area is 141 Å². The molecule has 2 aromatic rings. The zero-order chi connectivity index (χ0) is 16.7. The summed E-state index contributed by atoms with van der Waals surface area (Å²) in [6.07, 6.45) is 5.41. The number of carbonyl (C=O) groups is 1. The van der Waals surface area contributed by atoms with Crippen LogP contribution in [0.3, 0.4) is 0 Å². The Bertz CT molecular complexity index is 814. The van der Waals surface area contributed by atoms with Crippen molar-refractivity contribution in [2.75, 3.05) is 0 Å². The number of aryl methyl sites for hydroxylation is 1. The quantitative estimate of drug-likeness (QED) is 0.824. The second-order valence-corrected chi connectivity index (χ2v) is 7.23. The second-order valence-electron chi connectivity index (χ2n) is 7.23. The molecule has 2 aliphatic rings. The zero-order valence-electron chi connectivity index (χ0n) is 13.9. The van der Waals surface area contributed by atoms with Gasteiger partial charge in [-0.25, -0.2) is 4.98 Å². The molecule has 0 spiro atoms. The number of nitrogens with zero attached hydrogens (tertiary/aromatic N) is 1. The van der Waals surface area contributed by atoms with E-state index in [1.165, 1.54) is 42.9 Å². The number of nitrogens with one attached hydrogen (secondary N) is 1. The molecule has 4 rings (SSSR count). The summed E-state index contributed by atoms with van der Waals surface area (Å²) in [6.45, 7) is 1.70. The number of aromatic amines is 1. The Balaban J connectivity index is 1.54. The molecule has 0 unspecified atom stereocenters. The molecule has 2 saturated carbocycles. The van der Waals surface area contributed by atoms with Crippen LogP contribution in [0.2, 0.25) is 0 Å². The van der Waals surface area contributed by atoms with E-state index in [0.29, 0.717) is 18.2 Å². The Hall–Kier alpha value is -2.23. The van der Waals surface area contributed by atoms with Gasteiger partial charge in [-0.2, -0.15) is 0 Å². The van der Waals surface area contributed by atoms with E-state index < -0.39 is 0 Å². The summed E-state index contributed by atoms with van der Waals surface area (Å²) in [6, 6.07) is 10.2. The van der Waals surface area contributed by atoms with Crippen molar-refractivity contribution in [3.63, 3.8) is 0 Å². The number of H-pyrrole nitrogens is 1. The summed E-state index contributed by atoms with van der Waals surface area (Å²) in [5, 5.41) is 0. The van der Waals surface area contributed by atoms with Crippen LogP contribution in [0.25, 0.3) is 0 Å². The lowest BCUT2D eigenvalue weighted by Gasteiger charge is -2.16. The van der Waals surface area contributed by atoms with E-state index in [-0.39, 0.29) is 23.0 Å². The number of aromatic nitrogens is 2. The normalized spacial score (nSPS) is 18.4. The van der Waals surface area contributed by atoms with Crippen molar-refractivity contribution >= 4 is 5.78 Å². The Morgan fingerprint density at radius 1 is 1.21 bits per heavy atom. The number of hydrogen-bond donors (Lipinski definition) is 1. The van der Waals surface area contributed by atoms with Crippen molar-refractivity contribution in [2.24, 2.45) is 5.92 Å². The molecule has 0 saturated heterocycles. The largest absolute Gasteiger partial charge is 0.311 e. The van der Waals surface area contributed by atoms with Crippen molar-refractivity contribution < 1.29 is 4.79 Å². The Kier molecular flexibility index (Phi) is 3.83. The zero-order valence-corrected chi connectivity index (χ0v) is 13.9. The van der Waals surface area contributed by atoms with E-state index in [4.69, 9.17) is 0 Å². The van der Waals surface area contributed by atoms with Gasteiger partial charge in [0.1, 0.15) is 11.5 Å². The molecular weight excluding hydrogens is 300 g/mol. The van der Waals surface area contributed by atoms with Gasteiger partial charge in [0.25, 0.3) is 5.56 Å².